The summed E-state index contributed by atoms with van der Waals surface area (Å²) in [6.07, 6.45) is 2.92. The number of nitrogens with one attached hydrogen (secondary N) is 2. The van der Waals surface area contributed by atoms with Gasteiger partial charge in [-0.3, -0.25) is 4.98 Å². The number of aromatic nitrogens is 2. The van der Waals surface area contributed by atoms with Crippen LogP contribution >= 0.6 is 0 Å². The van der Waals surface area contributed by atoms with Gasteiger partial charge in [0, 0.05) is 29.0 Å². The van der Waals surface area contributed by atoms with Crippen LogP contribution in [0.3, 0.4) is 0 Å². The fourth-order valence-electron chi connectivity index (χ4n) is 2.98. The van der Waals surface area contributed by atoms with Crippen LogP contribution in [0, 0.1) is 0 Å². The molecule has 0 aliphatic rings. The largest absolute Gasteiger partial charge is 0.444 e. The SMILES string of the molecule is CC(C)(C)OC(=O)NCCCc1nccc2c1[nH]c1cc(CO)ccc12. The summed E-state index contributed by atoms with van der Waals surface area (Å²) in [5.74, 6) is 0. The van der Waals surface area contributed by atoms with Gasteiger partial charge in [0.15, 0.2) is 0 Å². The minimum atomic E-state index is -0.491. The first kappa shape index (κ1) is 18.2. The molecule has 3 rings (SSSR count). The number of nitrogens with zero attached hydrogens (tertiary/aromatic N) is 1. The highest BCUT2D eigenvalue weighted by atomic mass is 16.6. The number of aliphatic hydroxyl groups excluding tert-OH is 1. The van der Waals surface area contributed by atoms with Crippen LogP contribution in [-0.2, 0) is 17.8 Å². The van der Waals surface area contributed by atoms with Crippen molar-refractivity contribution < 1.29 is 14.6 Å². The first-order valence-electron chi connectivity index (χ1n) is 8.83. The number of ether oxygens (including phenoxy) is 1. The molecule has 2 heterocycles. The molecule has 0 atom stereocenters. The zero-order valence-electron chi connectivity index (χ0n) is 15.4. The number of H-pyrrole nitrogens is 1. The van der Waals surface area contributed by atoms with E-state index in [4.69, 9.17) is 4.74 Å². The van der Waals surface area contributed by atoms with Gasteiger partial charge in [-0.2, -0.15) is 0 Å². The molecule has 0 bridgehead atoms. The van der Waals surface area contributed by atoms with Crippen LogP contribution in [0.4, 0.5) is 4.79 Å². The van der Waals surface area contributed by atoms with E-state index in [1.807, 2.05) is 51.2 Å². The van der Waals surface area contributed by atoms with Gasteiger partial charge < -0.3 is 20.1 Å². The summed E-state index contributed by atoms with van der Waals surface area (Å²) in [6.45, 7) is 6.08. The third-order valence-electron chi connectivity index (χ3n) is 4.10. The number of benzene rings is 1. The third-order valence-corrected chi connectivity index (χ3v) is 4.10. The highest BCUT2D eigenvalue weighted by Crippen LogP contribution is 2.27. The van der Waals surface area contributed by atoms with Gasteiger partial charge in [-0.05, 0) is 51.3 Å². The first-order valence-corrected chi connectivity index (χ1v) is 8.83. The maximum atomic E-state index is 11.7. The van der Waals surface area contributed by atoms with Gasteiger partial charge in [0.1, 0.15) is 5.60 Å². The summed E-state index contributed by atoms with van der Waals surface area (Å²) < 4.78 is 5.23. The molecule has 3 aromatic rings. The van der Waals surface area contributed by atoms with E-state index in [0.717, 1.165) is 45.9 Å². The monoisotopic (exact) mass is 355 g/mol. The summed E-state index contributed by atoms with van der Waals surface area (Å²) >= 11 is 0. The minimum absolute atomic E-state index is 0.0206. The summed E-state index contributed by atoms with van der Waals surface area (Å²) in [6, 6.07) is 7.91. The van der Waals surface area contributed by atoms with Crippen molar-refractivity contribution in [3.63, 3.8) is 0 Å². The number of rotatable bonds is 5. The zero-order valence-corrected chi connectivity index (χ0v) is 15.4. The Hall–Kier alpha value is -2.60. The zero-order chi connectivity index (χ0) is 18.7. The molecule has 26 heavy (non-hydrogen) atoms. The molecule has 0 aliphatic carbocycles. The number of hydrogen-bond donors (Lipinski definition) is 3. The molecule has 0 spiro atoms. The van der Waals surface area contributed by atoms with Crippen LogP contribution in [-0.4, -0.2) is 33.3 Å². The Morgan fingerprint density at radius 3 is 2.81 bits per heavy atom. The van der Waals surface area contributed by atoms with Crippen LogP contribution in [0.5, 0.6) is 0 Å². The predicted octanol–water partition coefficient (Wildman–Crippen LogP) is 3.67. The molecular formula is C20H25N3O3. The number of aryl methyl sites for hydroxylation is 1. The van der Waals surface area contributed by atoms with Gasteiger partial charge in [-0.15, -0.1) is 0 Å². The van der Waals surface area contributed by atoms with Gasteiger partial charge in [-0.1, -0.05) is 12.1 Å². The Labute approximate surface area is 152 Å². The molecule has 0 unspecified atom stereocenters. The van der Waals surface area contributed by atoms with Crippen molar-refractivity contribution >= 4 is 27.9 Å². The molecule has 1 amide bonds. The predicted molar refractivity (Wildman–Crippen MR) is 102 cm³/mol. The topological polar surface area (TPSA) is 87.2 Å². The van der Waals surface area contributed by atoms with Crippen molar-refractivity contribution in [1.82, 2.24) is 15.3 Å². The Morgan fingerprint density at radius 1 is 1.27 bits per heavy atom. The van der Waals surface area contributed by atoms with E-state index in [0.29, 0.717) is 6.54 Å². The Bertz CT molecular complexity index is 925. The second-order valence-corrected chi connectivity index (χ2v) is 7.38. The Morgan fingerprint density at radius 2 is 2.08 bits per heavy atom. The van der Waals surface area contributed by atoms with Crippen LogP contribution < -0.4 is 5.32 Å². The van der Waals surface area contributed by atoms with E-state index in [2.05, 4.69) is 15.3 Å². The normalized spacial score (nSPS) is 11.8. The number of carbonyl (C=O) groups is 1. The lowest BCUT2D eigenvalue weighted by molar-refractivity contribution is 0.0527. The average Bonchev–Trinajstić information content (AvgIpc) is 2.95. The molecule has 138 valence electrons. The highest BCUT2D eigenvalue weighted by Gasteiger charge is 2.15. The van der Waals surface area contributed by atoms with Crippen LogP contribution in [0.2, 0.25) is 0 Å². The fourth-order valence-corrected chi connectivity index (χ4v) is 2.98. The molecule has 0 saturated carbocycles. The second kappa shape index (κ2) is 7.33. The molecule has 3 N–H and O–H groups in total. The number of alkyl carbamates (subject to hydrolysis) is 1. The van der Waals surface area contributed by atoms with E-state index in [1.165, 1.54) is 0 Å². The molecule has 0 radical (unpaired) electrons. The van der Waals surface area contributed by atoms with E-state index >= 15 is 0 Å². The minimum Gasteiger partial charge on any atom is -0.444 e. The first-order chi connectivity index (χ1) is 12.4. The Kier molecular flexibility index (Phi) is 5.13. The van der Waals surface area contributed by atoms with E-state index in [-0.39, 0.29) is 6.61 Å². The number of aliphatic hydroxyl groups is 1. The number of carbonyl (C=O) groups excluding carboxylic acids is 1. The maximum absolute atomic E-state index is 11.7. The van der Waals surface area contributed by atoms with Crippen molar-refractivity contribution in [3.8, 4) is 0 Å². The van der Waals surface area contributed by atoms with Crippen molar-refractivity contribution in [2.75, 3.05) is 6.54 Å². The van der Waals surface area contributed by atoms with E-state index < -0.39 is 11.7 Å². The molecular weight excluding hydrogens is 330 g/mol. The lowest BCUT2D eigenvalue weighted by Gasteiger charge is -2.19. The van der Waals surface area contributed by atoms with Crippen molar-refractivity contribution in [2.45, 2.75) is 45.8 Å². The molecule has 6 nitrogen and oxygen atoms in total. The van der Waals surface area contributed by atoms with Crippen molar-refractivity contribution in [2.24, 2.45) is 0 Å². The quantitative estimate of drug-likeness (QED) is 0.610. The number of hydrogen-bond acceptors (Lipinski definition) is 4. The lowest BCUT2D eigenvalue weighted by atomic mass is 10.1. The number of pyridine rings is 1. The number of amides is 1. The number of fused-ring (bicyclic) bond motifs is 3. The summed E-state index contributed by atoms with van der Waals surface area (Å²) in [7, 11) is 0. The van der Waals surface area contributed by atoms with Gasteiger partial charge >= 0.3 is 6.09 Å². The third kappa shape index (κ3) is 4.14. The van der Waals surface area contributed by atoms with Crippen LogP contribution in [0.15, 0.2) is 30.5 Å². The fraction of sp³-hybridized carbons (Fsp3) is 0.400. The maximum Gasteiger partial charge on any atom is 0.407 e. The van der Waals surface area contributed by atoms with Gasteiger partial charge in [0.2, 0.25) is 0 Å². The second-order valence-electron chi connectivity index (χ2n) is 7.38. The standard InChI is InChI=1S/C20H25N3O3/c1-20(2,3)26-19(25)22-9-4-5-16-18-15(8-10-21-16)14-7-6-13(12-24)11-17(14)23-18/h6-8,10-11,23-24H,4-5,9,12H2,1-3H3,(H,22,25). The number of aromatic amines is 1. The van der Waals surface area contributed by atoms with Gasteiger partial charge in [0.05, 0.1) is 17.8 Å². The molecule has 1 aromatic carbocycles. The van der Waals surface area contributed by atoms with E-state index in [1.54, 1.807) is 0 Å². The van der Waals surface area contributed by atoms with Crippen molar-refractivity contribution in [3.05, 3.63) is 41.7 Å². The summed E-state index contributed by atoms with van der Waals surface area (Å²) in [5.41, 5.74) is 3.35. The van der Waals surface area contributed by atoms with Gasteiger partial charge in [-0.25, -0.2) is 4.79 Å². The van der Waals surface area contributed by atoms with Crippen molar-refractivity contribution in [1.29, 1.82) is 0 Å². The summed E-state index contributed by atoms with van der Waals surface area (Å²) in [4.78, 5) is 19.6. The van der Waals surface area contributed by atoms with Gasteiger partial charge in [0.25, 0.3) is 0 Å². The summed E-state index contributed by atoms with van der Waals surface area (Å²) in [5, 5.41) is 14.3. The lowest BCUT2D eigenvalue weighted by Crippen LogP contribution is -2.33. The smallest absolute Gasteiger partial charge is 0.407 e. The van der Waals surface area contributed by atoms with E-state index in [9.17, 15) is 9.90 Å². The molecule has 0 saturated heterocycles. The molecule has 0 fully saturated rings. The molecule has 2 aromatic heterocycles. The Balaban J connectivity index is 1.69. The average molecular weight is 355 g/mol. The van der Waals surface area contributed by atoms with Crippen LogP contribution in [0.1, 0.15) is 38.4 Å². The highest BCUT2D eigenvalue weighted by molar-refractivity contribution is 6.07. The molecule has 6 heteroatoms. The molecule has 0 aliphatic heterocycles. The van der Waals surface area contributed by atoms with Crippen LogP contribution in [0.25, 0.3) is 21.8 Å².